The number of H-pyrrole nitrogens is 1. The van der Waals surface area contributed by atoms with Crippen molar-refractivity contribution in [3.05, 3.63) is 53.9 Å². The molecule has 4 rings (SSSR count). The van der Waals surface area contributed by atoms with Crippen molar-refractivity contribution in [3.8, 4) is 0 Å². The summed E-state index contributed by atoms with van der Waals surface area (Å²) in [5.41, 5.74) is 2.57. The molecule has 0 saturated carbocycles. The molecule has 2 aliphatic rings. The number of benzene rings is 1. The summed E-state index contributed by atoms with van der Waals surface area (Å²) in [6.45, 7) is 7.12. The third kappa shape index (κ3) is 4.77. The maximum Gasteiger partial charge on any atom is 0.222 e. The maximum absolute atomic E-state index is 12.9. The first-order valence-electron chi connectivity index (χ1n) is 11.5. The number of ether oxygens (including phenoxy) is 1. The van der Waals surface area contributed by atoms with E-state index in [1.54, 1.807) is 0 Å². The zero-order chi connectivity index (χ0) is 21.0. The van der Waals surface area contributed by atoms with E-state index in [4.69, 9.17) is 4.74 Å². The molecular weight excluding hydrogens is 374 g/mol. The summed E-state index contributed by atoms with van der Waals surface area (Å²) in [4.78, 5) is 15.0. The van der Waals surface area contributed by atoms with Crippen LogP contribution >= 0.6 is 0 Å². The van der Waals surface area contributed by atoms with E-state index in [-0.39, 0.29) is 11.5 Å². The van der Waals surface area contributed by atoms with E-state index >= 15 is 0 Å². The van der Waals surface area contributed by atoms with Crippen molar-refractivity contribution in [3.63, 3.8) is 0 Å². The summed E-state index contributed by atoms with van der Waals surface area (Å²) in [5, 5.41) is 6.82. The second-order valence-corrected chi connectivity index (χ2v) is 9.63. The van der Waals surface area contributed by atoms with Crippen molar-refractivity contribution in [2.75, 3.05) is 19.7 Å². The number of aromatic nitrogens is 2. The van der Waals surface area contributed by atoms with Gasteiger partial charge in [0.25, 0.3) is 0 Å². The van der Waals surface area contributed by atoms with Crippen LogP contribution in [0.3, 0.4) is 0 Å². The van der Waals surface area contributed by atoms with Gasteiger partial charge in [-0.05, 0) is 55.1 Å². The highest BCUT2D eigenvalue weighted by atomic mass is 16.5. The number of piperidine rings is 1. The Morgan fingerprint density at radius 1 is 1.33 bits per heavy atom. The molecule has 3 heterocycles. The number of hydrogen-bond acceptors (Lipinski definition) is 3. The van der Waals surface area contributed by atoms with E-state index in [1.165, 1.54) is 11.1 Å². The highest BCUT2D eigenvalue weighted by molar-refractivity contribution is 5.76. The van der Waals surface area contributed by atoms with E-state index in [0.29, 0.717) is 24.2 Å². The quantitative estimate of drug-likeness (QED) is 0.747. The molecule has 1 aromatic heterocycles. The van der Waals surface area contributed by atoms with E-state index < -0.39 is 0 Å². The Bertz CT molecular complexity index is 805. The van der Waals surface area contributed by atoms with Crippen LogP contribution in [0.4, 0.5) is 0 Å². The maximum atomic E-state index is 12.9. The van der Waals surface area contributed by atoms with Crippen molar-refractivity contribution < 1.29 is 9.53 Å². The minimum Gasteiger partial charge on any atom is -0.373 e. The highest BCUT2D eigenvalue weighted by Gasteiger charge is 2.46. The van der Waals surface area contributed by atoms with Gasteiger partial charge < -0.3 is 9.64 Å². The molecule has 30 heavy (non-hydrogen) atoms. The van der Waals surface area contributed by atoms with E-state index in [0.717, 1.165) is 51.8 Å². The molecule has 1 aromatic carbocycles. The van der Waals surface area contributed by atoms with Crippen LogP contribution in [0.1, 0.15) is 63.2 Å². The van der Waals surface area contributed by atoms with Gasteiger partial charge in [-0.15, -0.1) is 0 Å². The van der Waals surface area contributed by atoms with Crippen molar-refractivity contribution in [2.24, 2.45) is 17.3 Å². The number of amides is 1. The number of carbonyl (C=O) groups excluding carboxylic acids is 1. The average Bonchev–Trinajstić information content (AvgIpc) is 3.28. The average molecular weight is 410 g/mol. The number of aromatic amines is 1. The van der Waals surface area contributed by atoms with Crippen LogP contribution in [0.15, 0.2) is 42.7 Å². The summed E-state index contributed by atoms with van der Waals surface area (Å²) in [6, 6.07) is 10.6. The molecule has 5 nitrogen and oxygen atoms in total. The fourth-order valence-electron chi connectivity index (χ4n) is 5.35. The monoisotopic (exact) mass is 409 g/mol. The lowest BCUT2D eigenvalue weighted by molar-refractivity contribution is -0.151. The first kappa shape index (κ1) is 21.1. The summed E-state index contributed by atoms with van der Waals surface area (Å²) in [7, 11) is 0. The predicted octanol–water partition coefficient (Wildman–Crippen LogP) is 4.78. The van der Waals surface area contributed by atoms with Gasteiger partial charge in [-0.2, -0.15) is 5.10 Å². The topological polar surface area (TPSA) is 58.2 Å². The minimum atomic E-state index is 0.110. The number of carbonyl (C=O) groups is 1. The Labute approximate surface area is 180 Å². The molecule has 1 amide bonds. The third-order valence-corrected chi connectivity index (χ3v) is 7.04. The molecule has 1 N–H and O–H groups in total. The second kappa shape index (κ2) is 9.34. The standard InChI is InChI=1S/C25H35N3O2/c1-19(2)22-14-25(18-30-24(22)21-9-4-3-5-10-21)12-7-13-28(17-25)23(29)11-6-8-20-15-26-27-16-20/h3-5,9-10,15-16,19,22,24H,6-8,11-14,17-18H2,1-2H3,(H,26,27)/t22-,24-,25+/m0/s1. The van der Waals surface area contributed by atoms with Crippen LogP contribution in [-0.2, 0) is 16.0 Å². The Balaban J connectivity index is 1.38. The molecular formula is C25H35N3O2. The molecule has 0 radical (unpaired) electrons. The molecule has 5 heteroatoms. The van der Waals surface area contributed by atoms with Crippen LogP contribution in [0.5, 0.6) is 0 Å². The van der Waals surface area contributed by atoms with Gasteiger partial charge in [0.05, 0.1) is 18.9 Å². The van der Waals surface area contributed by atoms with Gasteiger partial charge in [-0.3, -0.25) is 9.89 Å². The van der Waals surface area contributed by atoms with Crippen molar-refractivity contribution >= 4 is 5.91 Å². The van der Waals surface area contributed by atoms with Crippen molar-refractivity contribution in [1.82, 2.24) is 15.1 Å². The van der Waals surface area contributed by atoms with Gasteiger partial charge in [0, 0.05) is 31.1 Å². The lowest BCUT2D eigenvalue weighted by Gasteiger charge is -2.50. The van der Waals surface area contributed by atoms with Gasteiger partial charge in [-0.1, -0.05) is 44.2 Å². The van der Waals surface area contributed by atoms with E-state index in [9.17, 15) is 4.79 Å². The van der Waals surface area contributed by atoms with Gasteiger partial charge in [0.2, 0.25) is 5.91 Å². The van der Waals surface area contributed by atoms with Gasteiger partial charge in [-0.25, -0.2) is 0 Å². The van der Waals surface area contributed by atoms with Crippen molar-refractivity contribution in [2.45, 2.75) is 58.5 Å². The Kier molecular flexibility index (Phi) is 6.57. The number of nitrogens with zero attached hydrogens (tertiary/aromatic N) is 2. The van der Waals surface area contributed by atoms with Crippen LogP contribution in [0.25, 0.3) is 0 Å². The normalized spacial score (nSPS) is 27.0. The number of aryl methyl sites for hydroxylation is 1. The summed E-state index contributed by atoms with van der Waals surface area (Å²) in [6.07, 6.45) is 9.70. The lowest BCUT2D eigenvalue weighted by Crippen LogP contribution is -2.52. The third-order valence-electron chi connectivity index (χ3n) is 7.04. The first-order valence-corrected chi connectivity index (χ1v) is 11.5. The largest absolute Gasteiger partial charge is 0.373 e. The zero-order valence-corrected chi connectivity index (χ0v) is 18.3. The molecule has 0 unspecified atom stereocenters. The predicted molar refractivity (Wildman–Crippen MR) is 118 cm³/mol. The smallest absolute Gasteiger partial charge is 0.222 e. The molecule has 2 aromatic rings. The van der Waals surface area contributed by atoms with Gasteiger partial charge >= 0.3 is 0 Å². The molecule has 1 spiro atoms. The Hall–Kier alpha value is -2.14. The summed E-state index contributed by atoms with van der Waals surface area (Å²) < 4.78 is 6.54. The second-order valence-electron chi connectivity index (χ2n) is 9.63. The minimum absolute atomic E-state index is 0.110. The number of nitrogens with one attached hydrogen (secondary N) is 1. The fourth-order valence-corrected chi connectivity index (χ4v) is 5.35. The van der Waals surface area contributed by atoms with Gasteiger partial charge in [0.15, 0.2) is 0 Å². The van der Waals surface area contributed by atoms with Crippen LogP contribution in [-0.4, -0.2) is 40.7 Å². The highest BCUT2D eigenvalue weighted by Crippen LogP contribution is 2.48. The molecule has 2 aliphatic heterocycles. The van der Waals surface area contributed by atoms with E-state index in [2.05, 4.69) is 59.3 Å². The number of rotatable bonds is 6. The molecule has 0 bridgehead atoms. The summed E-state index contributed by atoms with van der Waals surface area (Å²) in [5.74, 6) is 1.33. The molecule has 2 fully saturated rings. The fraction of sp³-hybridized carbons (Fsp3) is 0.600. The van der Waals surface area contributed by atoms with Crippen LogP contribution in [0.2, 0.25) is 0 Å². The summed E-state index contributed by atoms with van der Waals surface area (Å²) >= 11 is 0. The lowest BCUT2D eigenvalue weighted by atomic mass is 9.67. The molecule has 3 atom stereocenters. The van der Waals surface area contributed by atoms with Crippen molar-refractivity contribution in [1.29, 1.82) is 0 Å². The Morgan fingerprint density at radius 2 is 2.17 bits per heavy atom. The van der Waals surface area contributed by atoms with Crippen LogP contribution < -0.4 is 0 Å². The molecule has 2 saturated heterocycles. The SMILES string of the molecule is CC(C)[C@@H]1C[C@@]2(CCCN(C(=O)CCCc3cn[nH]c3)C2)CO[C@H]1c1ccccc1. The zero-order valence-electron chi connectivity index (χ0n) is 18.3. The van der Waals surface area contributed by atoms with Crippen LogP contribution in [0, 0.1) is 17.3 Å². The number of likely N-dealkylation sites (tertiary alicyclic amines) is 1. The van der Waals surface area contributed by atoms with Gasteiger partial charge in [0.1, 0.15) is 0 Å². The molecule has 0 aliphatic carbocycles. The Morgan fingerprint density at radius 3 is 2.90 bits per heavy atom. The number of hydrogen-bond donors (Lipinski definition) is 1. The molecule has 162 valence electrons. The first-order chi connectivity index (χ1) is 14.6. The van der Waals surface area contributed by atoms with E-state index in [1.807, 2.05) is 12.4 Å².